The van der Waals surface area contributed by atoms with Crippen LogP contribution in [-0.4, -0.2) is 29.5 Å². The van der Waals surface area contributed by atoms with E-state index >= 15 is 0 Å². The largest absolute Gasteiger partial charge is 0.495 e. The van der Waals surface area contributed by atoms with Crippen molar-refractivity contribution in [2.45, 2.75) is 13.5 Å². The van der Waals surface area contributed by atoms with Crippen LogP contribution >= 0.6 is 15.9 Å². The van der Waals surface area contributed by atoms with E-state index in [1.54, 1.807) is 19.1 Å². The number of ether oxygens (including phenoxy) is 3. The van der Waals surface area contributed by atoms with Crippen LogP contribution < -0.4 is 9.47 Å². The molecule has 0 saturated carbocycles. The van der Waals surface area contributed by atoms with Gasteiger partial charge in [0.1, 0.15) is 29.7 Å². The van der Waals surface area contributed by atoms with E-state index in [-0.39, 0.29) is 24.6 Å². The maximum Gasteiger partial charge on any atom is 0.359 e. The van der Waals surface area contributed by atoms with Crippen molar-refractivity contribution >= 4 is 21.9 Å². The minimum absolute atomic E-state index is 0.0316. The summed E-state index contributed by atoms with van der Waals surface area (Å²) in [5.74, 6) is -1.11. The third kappa shape index (κ3) is 3.35. The van der Waals surface area contributed by atoms with Gasteiger partial charge in [0.25, 0.3) is 0 Å². The predicted octanol–water partition coefficient (Wildman–Crippen LogP) is 4.66. The van der Waals surface area contributed by atoms with Crippen LogP contribution in [0.5, 0.6) is 11.5 Å². The van der Waals surface area contributed by atoms with Crippen LogP contribution in [0.15, 0.2) is 34.8 Å². The van der Waals surface area contributed by atoms with Gasteiger partial charge in [0.05, 0.1) is 35.1 Å². The number of methoxy groups -OCH3 is 1. The first-order valence-corrected chi connectivity index (χ1v) is 9.48. The van der Waals surface area contributed by atoms with Crippen molar-refractivity contribution < 1.29 is 27.8 Å². The number of carbonyl (C=O) groups is 1. The summed E-state index contributed by atoms with van der Waals surface area (Å²) in [6, 6.07) is 6.48. The van der Waals surface area contributed by atoms with Gasteiger partial charge in [-0.15, -0.1) is 0 Å². The van der Waals surface area contributed by atoms with E-state index in [0.29, 0.717) is 32.8 Å². The number of esters is 1. The van der Waals surface area contributed by atoms with Crippen molar-refractivity contribution in [3.05, 3.63) is 57.7 Å². The standard InChI is InChI=1S/C20H15BrF2N2O4/c1-3-28-20(26)18-14-9-29-16-8-17(27-2)15(21)7-13(16)19(14)25(24-18)12-5-10(22)4-11(23)6-12/h4-8H,3,9H2,1-2H3. The summed E-state index contributed by atoms with van der Waals surface area (Å²) in [7, 11) is 1.53. The Labute approximate surface area is 173 Å². The molecule has 150 valence electrons. The van der Waals surface area contributed by atoms with Crippen LogP contribution in [0, 0.1) is 11.6 Å². The van der Waals surface area contributed by atoms with Crippen molar-refractivity contribution in [2.75, 3.05) is 13.7 Å². The normalized spacial score (nSPS) is 12.0. The van der Waals surface area contributed by atoms with Crippen molar-refractivity contribution in [1.82, 2.24) is 9.78 Å². The first-order chi connectivity index (χ1) is 13.9. The molecule has 0 aliphatic carbocycles. The fourth-order valence-electron chi connectivity index (χ4n) is 3.22. The van der Waals surface area contributed by atoms with Gasteiger partial charge in [-0.25, -0.2) is 18.3 Å². The topological polar surface area (TPSA) is 62.6 Å². The molecule has 1 aromatic heterocycles. The first-order valence-electron chi connectivity index (χ1n) is 8.69. The molecule has 1 aliphatic rings. The number of rotatable bonds is 4. The third-order valence-electron chi connectivity index (χ3n) is 4.43. The highest BCUT2D eigenvalue weighted by molar-refractivity contribution is 9.10. The van der Waals surface area contributed by atoms with E-state index in [1.807, 2.05) is 0 Å². The molecule has 2 aromatic carbocycles. The molecule has 29 heavy (non-hydrogen) atoms. The van der Waals surface area contributed by atoms with Gasteiger partial charge in [0.15, 0.2) is 5.69 Å². The highest BCUT2D eigenvalue weighted by Crippen LogP contribution is 2.44. The van der Waals surface area contributed by atoms with Crippen molar-refractivity contribution in [2.24, 2.45) is 0 Å². The van der Waals surface area contributed by atoms with E-state index in [2.05, 4.69) is 21.0 Å². The van der Waals surface area contributed by atoms with Crippen LogP contribution in [0.1, 0.15) is 23.0 Å². The number of benzene rings is 2. The minimum Gasteiger partial charge on any atom is -0.495 e. The van der Waals surface area contributed by atoms with Gasteiger partial charge in [-0.05, 0) is 41.1 Å². The minimum atomic E-state index is -0.759. The van der Waals surface area contributed by atoms with Gasteiger partial charge >= 0.3 is 5.97 Å². The highest BCUT2D eigenvalue weighted by Gasteiger charge is 2.31. The molecular weight excluding hydrogens is 450 g/mol. The van der Waals surface area contributed by atoms with Gasteiger partial charge in [-0.3, -0.25) is 0 Å². The molecule has 3 aromatic rings. The Morgan fingerprint density at radius 1 is 1.24 bits per heavy atom. The quantitative estimate of drug-likeness (QED) is 0.525. The number of hydrogen-bond acceptors (Lipinski definition) is 5. The molecule has 4 rings (SSSR count). The van der Waals surface area contributed by atoms with Crippen LogP contribution in [0.4, 0.5) is 8.78 Å². The van der Waals surface area contributed by atoms with Crippen LogP contribution in [0.3, 0.4) is 0 Å². The number of fused-ring (bicyclic) bond motifs is 3. The van der Waals surface area contributed by atoms with Gasteiger partial charge in [-0.1, -0.05) is 0 Å². The molecule has 0 fully saturated rings. The average Bonchev–Trinajstić information content (AvgIpc) is 3.07. The van der Waals surface area contributed by atoms with Gasteiger partial charge in [0, 0.05) is 17.7 Å². The summed E-state index contributed by atoms with van der Waals surface area (Å²) in [6.07, 6.45) is 0. The van der Waals surface area contributed by atoms with Crippen LogP contribution in [0.25, 0.3) is 16.9 Å². The van der Waals surface area contributed by atoms with Crippen LogP contribution in [-0.2, 0) is 11.3 Å². The summed E-state index contributed by atoms with van der Waals surface area (Å²) in [5.41, 5.74) is 1.71. The molecule has 0 atom stereocenters. The van der Waals surface area contributed by atoms with Crippen LogP contribution in [0.2, 0.25) is 0 Å². The molecule has 9 heteroatoms. The van der Waals surface area contributed by atoms with Crippen molar-refractivity contribution in [3.8, 4) is 28.4 Å². The Morgan fingerprint density at radius 3 is 2.62 bits per heavy atom. The smallest absolute Gasteiger partial charge is 0.359 e. The lowest BCUT2D eigenvalue weighted by molar-refractivity contribution is 0.0516. The van der Waals surface area contributed by atoms with Crippen molar-refractivity contribution in [3.63, 3.8) is 0 Å². The summed E-state index contributed by atoms with van der Waals surface area (Å²) in [4.78, 5) is 12.4. The maximum atomic E-state index is 13.9. The molecule has 0 spiro atoms. The van der Waals surface area contributed by atoms with E-state index in [4.69, 9.17) is 14.2 Å². The lowest BCUT2D eigenvalue weighted by Gasteiger charge is -2.21. The number of carbonyl (C=O) groups excluding carboxylic acids is 1. The zero-order valence-electron chi connectivity index (χ0n) is 15.5. The zero-order valence-corrected chi connectivity index (χ0v) is 17.0. The zero-order chi connectivity index (χ0) is 20.7. The second-order valence-electron chi connectivity index (χ2n) is 6.21. The van der Waals surface area contributed by atoms with E-state index in [0.717, 1.165) is 18.2 Å². The average molecular weight is 465 g/mol. The molecule has 1 aliphatic heterocycles. The van der Waals surface area contributed by atoms with Gasteiger partial charge in [-0.2, -0.15) is 5.10 Å². The molecule has 0 N–H and O–H groups in total. The molecule has 0 radical (unpaired) electrons. The van der Waals surface area contributed by atoms with E-state index in [9.17, 15) is 13.6 Å². The first kappa shape index (κ1) is 19.4. The highest BCUT2D eigenvalue weighted by atomic mass is 79.9. The molecule has 0 amide bonds. The SMILES string of the molecule is CCOC(=O)c1nn(-c2cc(F)cc(F)c2)c2c1COc1cc(OC)c(Br)cc1-2. The lowest BCUT2D eigenvalue weighted by Crippen LogP contribution is -2.12. The molecule has 2 heterocycles. The summed E-state index contributed by atoms with van der Waals surface area (Å²) >= 11 is 3.43. The summed E-state index contributed by atoms with van der Waals surface area (Å²) in [5, 5.41) is 4.32. The Bertz CT molecular complexity index is 1110. The number of aromatic nitrogens is 2. The Kier molecular flexibility index (Phi) is 4.99. The van der Waals surface area contributed by atoms with Gasteiger partial charge in [0.2, 0.25) is 0 Å². The number of hydrogen-bond donors (Lipinski definition) is 0. The van der Waals surface area contributed by atoms with Crippen molar-refractivity contribution in [1.29, 1.82) is 0 Å². The maximum absolute atomic E-state index is 13.9. The van der Waals surface area contributed by atoms with Gasteiger partial charge < -0.3 is 14.2 Å². The molecule has 0 saturated heterocycles. The molecule has 6 nitrogen and oxygen atoms in total. The Balaban J connectivity index is 2.00. The molecule has 0 bridgehead atoms. The van der Waals surface area contributed by atoms with E-state index in [1.165, 1.54) is 11.8 Å². The summed E-state index contributed by atoms with van der Waals surface area (Å²) < 4.78 is 45.9. The summed E-state index contributed by atoms with van der Waals surface area (Å²) in [6.45, 7) is 1.88. The monoisotopic (exact) mass is 464 g/mol. The molecule has 0 unspecified atom stereocenters. The lowest BCUT2D eigenvalue weighted by atomic mass is 10.0. The Hall–Kier alpha value is -2.94. The fourth-order valence-corrected chi connectivity index (χ4v) is 3.73. The number of halogens is 3. The second-order valence-corrected chi connectivity index (χ2v) is 7.06. The third-order valence-corrected chi connectivity index (χ3v) is 5.05. The number of nitrogens with zero attached hydrogens (tertiary/aromatic N) is 2. The molecular formula is C20H15BrF2N2O4. The fraction of sp³-hybridized carbons (Fsp3) is 0.200. The van der Waals surface area contributed by atoms with E-state index < -0.39 is 17.6 Å². The Morgan fingerprint density at radius 2 is 1.97 bits per heavy atom. The predicted molar refractivity (Wildman–Crippen MR) is 103 cm³/mol. The second kappa shape index (κ2) is 7.47.